The molecule has 4 aromatic rings. The number of aromatic nitrogens is 4. The molecule has 1 saturated heterocycles. The lowest BCUT2D eigenvalue weighted by Gasteiger charge is -2.31. The number of nitrogens with one attached hydrogen (secondary N) is 3. The molecule has 0 saturated carbocycles. The minimum absolute atomic E-state index is 0.0396. The molecule has 2 amide bonds. The van der Waals surface area contributed by atoms with E-state index in [4.69, 9.17) is 19.4 Å². The van der Waals surface area contributed by atoms with Crippen LogP contribution in [-0.2, 0) is 23.1 Å². The number of aryl methyl sites for hydroxylation is 2. The number of methoxy groups -OCH3 is 2. The first-order valence-corrected chi connectivity index (χ1v) is 16.5. The van der Waals surface area contributed by atoms with E-state index >= 15 is 0 Å². The van der Waals surface area contributed by atoms with E-state index in [9.17, 15) is 9.59 Å². The lowest BCUT2D eigenvalue weighted by molar-refractivity contribution is -0.130. The number of ether oxygens (including phenoxy) is 2. The first-order valence-electron chi connectivity index (χ1n) is 16.5. The second kappa shape index (κ2) is 13.0. The molecule has 0 aliphatic carbocycles. The molecule has 3 atom stereocenters. The van der Waals surface area contributed by atoms with Crippen LogP contribution in [-0.4, -0.2) is 70.4 Å². The molecule has 246 valence electrons. The highest BCUT2D eigenvalue weighted by Gasteiger charge is 2.30. The van der Waals surface area contributed by atoms with E-state index in [0.29, 0.717) is 23.4 Å². The Morgan fingerprint density at radius 3 is 2.67 bits per heavy atom. The molecular formula is C35H47N7O4. The number of amides is 2. The Hall–Kier alpha value is -3.96. The summed E-state index contributed by atoms with van der Waals surface area (Å²) in [5, 5.41) is 10.7. The fourth-order valence-corrected chi connectivity index (χ4v) is 6.90. The van der Waals surface area contributed by atoms with Crippen molar-refractivity contribution in [1.82, 2.24) is 35.1 Å². The topological polar surface area (TPSA) is 124 Å². The molecular weight excluding hydrogens is 582 g/mol. The third kappa shape index (κ3) is 6.10. The first kappa shape index (κ1) is 32.0. The molecule has 3 aromatic heterocycles. The van der Waals surface area contributed by atoms with Crippen molar-refractivity contribution in [2.75, 3.05) is 27.3 Å². The Balaban J connectivity index is 1.40. The highest BCUT2D eigenvalue weighted by molar-refractivity contribution is 6.00. The lowest BCUT2D eigenvalue weighted by atomic mass is 9.85. The van der Waals surface area contributed by atoms with Gasteiger partial charge >= 0.3 is 0 Å². The standard InChI is InChI=1S/C35H47N7O4/c1-21-24-12-11-22-18-27(42(31(22)38-24)16-10-8-7-9-14-35(2,3)34(44)37-21)32-39-25-17-23(19-29(46-6)30(25)41(32)4)33(43)40-26-20-36-15-13-28(26)45-5/h11-12,17-19,21,26,28,36H,7-10,13-16,20H2,1-6H3,(H,37,44)(H,40,43)/t21-,26+,28-/m1/s1. The van der Waals surface area contributed by atoms with Crippen molar-refractivity contribution >= 4 is 33.9 Å². The highest BCUT2D eigenvalue weighted by Crippen LogP contribution is 2.35. The second-order valence-corrected chi connectivity index (χ2v) is 13.5. The van der Waals surface area contributed by atoms with E-state index in [1.165, 1.54) is 0 Å². The van der Waals surface area contributed by atoms with E-state index in [-0.39, 0.29) is 30.0 Å². The molecule has 2 aliphatic rings. The third-order valence-corrected chi connectivity index (χ3v) is 9.79. The van der Waals surface area contributed by atoms with E-state index < -0.39 is 5.41 Å². The zero-order valence-electron chi connectivity index (χ0n) is 27.9. The molecule has 1 aromatic carbocycles. The van der Waals surface area contributed by atoms with Gasteiger partial charge < -0.3 is 34.6 Å². The van der Waals surface area contributed by atoms with Gasteiger partial charge in [0.1, 0.15) is 16.9 Å². The van der Waals surface area contributed by atoms with Crippen molar-refractivity contribution in [3.63, 3.8) is 0 Å². The number of fused-ring (bicyclic) bond motifs is 2. The quantitative estimate of drug-likeness (QED) is 0.288. The smallest absolute Gasteiger partial charge is 0.251 e. The van der Waals surface area contributed by atoms with Crippen molar-refractivity contribution in [2.24, 2.45) is 12.5 Å². The number of imidazole rings is 1. The van der Waals surface area contributed by atoms with Crippen LogP contribution in [0.4, 0.5) is 0 Å². The number of carbonyl (C=O) groups excluding carboxylic acids is 2. The Morgan fingerprint density at radius 1 is 1.09 bits per heavy atom. The first-order chi connectivity index (χ1) is 22.1. The number of carbonyl (C=O) groups is 2. The summed E-state index contributed by atoms with van der Waals surface area (Å²) in [4.78, 5) is 36.8. The molecule has 0 unspecified atom stereocenters. The van der Waals surface area contributed by atoms with E-state index in [0.717, 1.165) is 85.4 Å². The molecule has 2 aliphatic heterocycles. The zero-order chi connectivity index (χ0) is 32.6. The van der Waals surface area contributed by atoms with Crippen LogP contribution < -0.4 is 20.7 Å². The van der Waals surface area contributed by atoms with Crippen LogP contribution in [0.1, 0.15) is 81.4 Å². The normalized spacial score (nSPS) is 22.5. The molecule has 11 nitrogen and oxygen atoms in total. The number of piperidine rings is 1. The molecule has 11 heteroatoms. The number of benzene rings is 1. The Morgan fingerprint density at radius 2 is 1.89 bits per heavy atom. The number of nitrogens with zero attached hydrogens (tertiary/aromatic N) is 4. The predicted octanol–water partition coefficient (Wildman–Crippen LogP) is 4.87. The van der Waals surface area contributed by atoms with Gasteiger partial charge in [0.15, 0.2) is 5.82 Å². The summed E-state index contributed by atoms with van der Waals surface area (Å²) in [7, 11) is 5.29. The fraction of sp³-hybridized carbons (Fsp3) is 0.543. The van der Waals surface area contributed by atoms with E-state index in [1.54, 1.807) is 20.3 Å². The minimum Gasteiger partial charge on any atom is -0.494 e. The average molecular weight is 630 g/mol. The van der Waals surface area contributed by atoms with Crippen LogP contribution >= 0.6 is 0 Å². The molecule has 3 N–H and O–H groups in total. The third-order valence-electron chi connectivity index (χ3n) is 9.79. The lowest BCUT2D eigenvalue weighted by Crippen LogP contribution is -2.54. The number of rotatable bonds is 5. The second-order valence-electron chi connectivity index (χ2n) is 13.5. The molecule has 46 heavy (non-hydrogen) atoms. The van der Waals surface area contributed by atoms with Crippen LogP contribution in [0.25, 0.3) is 33.6 Å². The van der Waals surface area contributed by atoms with E-state index in [2.05, 4.69) is 32.7 Å². The van der Waals surface area contributed by atoms with Gasteiger partial charge in [-0.05, 0) is 63.1 Å². The largest absolute Gasteiger partial charge is 0.494 e. The summed E-state index contributed by atoms with van der Waals surface area (Å²) in [5.74, 6) is 1.22. The zero-order valence-corrected chi connectivity index (χ0v) is 27.9. The van der Waals surface area contributed by atoms with Gasteiger partial charge in [0, 0.05) is 43.6 Å². The number of hydrogen-bond acceptors (Lipinski definition) is 7. The molecule has 1 fully saturated rings. The van der Waals surface area contributed by atoms with Gasteiger partial charge in [-0.3, -0.25) is 9.59 Å². The van der Waals surface area contributed by atoms with Gasteiger partial charge in [0.2, 0.25) is 5.91 Å². The van der Waals surface area contributed by atoms with Crippen molar-refractivity contribution in [2.45, 2.75) is 84.0 Å². The van der Waals surface area contributed by atoms with Crippen LogP contribution in [0.15, 0.2) is 30.3 Å². The van der Waals surface area contributed by atoms with E-state index in [1.807, 2.05) is 44.5 Å². The van der Waals surface area contributed by atoms with Crippen LogP contribution in [0.3, 0.4) is 0 Å². The molecule has 6 rings (SSSR count). The maximum atomic E-state index is 13.5. The summed E-state index contributed by atoms with van der Waals surface area (Å²) < 4.78 is 15.7. The fourth-order valence-electron chi connectivity index (χ4n) is 6.90. The molecule has 2 bridgehead atoms. The van der Waals surface area contributed by atoms with Crippen LogP contribution in [0.5, 0.6) is 5.75 Å². The van der Waals surface area contributed by atoms with Crippen molar-refractivity contribution < 1.29 is 19.1 Å². The summed E-state index contributed by atoms with van der Waals surface area (Å²) in [5.41, 5.74) is 4.21. The summed E-state index contributed by atoms with van der Waals surface area (Å²) >= 11 is 0. The van der Waals surface area contributed by atoms with Crippen LogP contribution in [0.2, 0.25) is 0 Å². The summed E-state index contributed by atoms with van der Waals surface area (Å²) in [6.07, 6.45) is 5.77. The van der Waals surface area contributed by atoms with Gasteiger partial charge in [-0.1, -0.05) is 33.1 Å². The van der Waals surface area contributed by atoms with Crippen molar-refractivity contribution in [3.05, 3.63) is 41.6 Å². The van der Waals surface area contributed by atoms with Gasteiger partial charge in [0.05, 0.1) is 42.2 Å². The maximum Gasteiger partial charge on any atom is 0.251 e. The van der Waals surface area contributed by atoms with Crippen LogP contribution in [0, 0.1) is 5.41 Å². The number of hydrogen-bond donors (Lipinski definition) is 3. The highest BCUT2D eigenvalue weighted by atomic mass is 16.5. The van der Waals surface area contributed by atoms with Crippen molar-refractivity contribution in [3.8, 4) is 17.3 Å². The Kier molecular flexibility index (Phi) is 9.07. The SMILES string of the molecule is COc1cc(C(=O)N[C@H]2CNCC[C@H]2OC)cc2nc(-c3cc4ccc5nc4n3CCCCCCC(C)(C)C(=O)N[C@@H]5C)n(C)c12. The minimum atomic E-state index is -0.420. The van der Waals surface area contributed by atoms with Gasteiger partial charge in [0.25, 0.3) is 5.91 Å². The molecule has 0 radical (unpaired) electrons. The summed E-state index contributed by atoms with van der Waals surface area (Å²) in [6.45, 7) is 8.36. The maximum absolute atomic E-state index is 13.5. The van der Waals surface area contributed by atoms with Gasteiger partial charge in [-0.15, -0.1) is 0 Å². The average Bonchev–Trinajstić information content (AvgIpc) is 3.58. The van der Waals surface area contributed by atoms with Gasteiger partial charge in [-0.25, -0.2) is 9.97 Å². The predicted molar refractivity (Wildman–Crippen MR) is 179 cm³/mol. The van der Waals surface area contributed by atoms with Gasteiger partial charge in [-0.2, -0.15) is 0 Å². The number of pyridine rings is 1. The summed E-state index contributed by atoms with van der Waals surface area (Å²) in [6, 6.07) is 9.48. The Labute approximate surface area is 270 Å². The monoisotopic (exact) mass is 629 g/mol. The Bertz CT molecular complexity index is 1760. The van der Waals surface area contributed by atoms with Crippen molar-refractivity contribution in [1.29, 1.82) is 0 Å². The molecule has 5 heterocycles. The molecule has 0 spiro atoms.